The van der Waals surface area contributed by atoms with Gasteiger partial charge in [0.2, 0.25) is 0 Å². The Hall–Kier alpha value is -1.95. The van der Waals surface area contributed by atoms with Gasteiger partial charge in [0, 0.05) is 11.8 Å². The molecule has 98 valence electrons. The van der Waals surface area contributed by atoms with Crippen molar-refractivity contribution in [3.05, 3.63) is 41.5 Å². The summed E-state index contributed by atoms with van der Waals surface area (Å²) < 4.78 is 13.1. The van der Waals surface area contributed by atoms with Gasteiger partial charge in [0.15, 0.2) is 10.9 Å². The number of benzene rings is 1. The molecule has 1 heterocycles. The van der Waals surface area contributed by atoms with E-state index in [1.54, 1.807) is 13.2 Å². The van der Waals surface area contributed by atoms with Crippen molar-refractivity contribution in [2.45, 2.75) is 12.1 Å². The van der Waals surface area contributed by atoms with Crippen LogP contribution >= 0.6 is 11.8 Å². The first-order chi connectivity index (χ1) is 9.02. The average molecular weight is 278 g/mol. The van der Waals surface area contributed by atoms with Gasteiger partial charge in [-0.2, -0.15) is 0 Å². The van der Waals surface area contributed by atoms with Crippen LogP contribution in [0.5, 0.6) is 0 Å². The predicted octanol–water partition coefficient (Wildman–Crippen LogP) is 3.01. The highest BCUT2D eigenvalue weighted by Crippen LogP contribution is 2.27. The lowest BCUT2D eigenvalue weighted by molar-refractivity contribution is 0.0690. The fourth-order valence-electron chi connectivity index (χ4n) is 1.75. The molecule has 0 bridgehead atoms. The molecule has 0 atom stereocenters. The lowest BCUT2D eigenvalue weighted by Crippen LogP contribution is -2.06. The minimum absolute atomic E-state index is 0.0749. The number of nitrogens with zero attached hydrogens (tertiary/aromatic N) is 2. The van der Waals surface area contributed by atoms with Gasteiger partial charge in [-0.15, -0.1) is 0 Å². The van der Waals surface area contributed by atoms with E-state index >= 15 is 0 Å². The number of hydrogen-bond acceptors (Lipinski definition) is 4. The van der Waals surface area contributed by atoms with E-state index in [1.165, 1.54) is 36.2 Å². The Morgan fingerprint density at radius 1 is 1.37 bits per heavy atom. The Morgan fingerprint density at radius 2 is 2.11 bits per heavy atom. The molecule has 0 aliphatic rings. The molecular formula is C13H11FN2O2S. The molecule has 2 aromatic rings. The number of carboxylic acid groups (broad SMARTS) is 1. The van der Waals surface area contributed by atoms with E-state index in [-0.39, 0.29) is 11.5 Å². The minimum Gasteiger partial charge on any atom is -0.476 e. The van der Waals surface area contributed by atoms with Crippen LogP contribution in [0.15, 0.2) is 29.6 Å². The molecule has 0 amide bonds. The number of rotatable bonds is 3. The molecule has 1 aromatic carbocycles. The first kappa shape index (κ1) is 13.5. The summed E-state index contributed by atoms with van der Waals surface area (Å²) in [6.45, 7) is 1.71. The second-order valence-corrected chi connectivity index (χ2v) is 4.66. The molecule has 19 heavy (non-hydrogen) atoms. The lowest BCUT2D eigenvalue weighted by Gasteiger charge is -2.09. The normalized spacial score (nSPS) is 10.5. The van der Waals surface area contributed by atoms with Crippen LogP contribution in [-0.2, 0) is 0 Å². The molecule has 0 aliphatic carbocycles. The SMILES string of the molecule is CSc1ncc(-c2ccc(F)cc2C)c(C(=O)O)n1. The van der Waals surface area contributed by atoms with Gasteiger partial charge in [0.25, 0.3) is 0 Å². The van der Waals surface area contributed by atoms with Gasteiger partial charge in [-0.3, -0.25) is 0 Å². The quantitative estimate of drug-likeness (QED) is 0.690. The number of aromatic nitrogens is 2. The van der Waals surface area contributed by atoms with Gasteiger partial charge in [0.1, 0.15) is 5.82 Å². The summed E-state index contributed by atoms with van der Waals surface area (Å²) >= 11 is 1.27. The Bertz CT molecular complexity index is 647. The molecule has 0 fully saturated rings. The van der Waals surface area contributed by atoms with E-state index in [0.717, 1.165) is 0 Å². The largest absolute Gasteiger partial charge is 0.476 e. The number of aryl methyl sites for hydroxylation is 1. The molecule has 2 rings (SSSR count). The lowest BCUT2D eigenvalue weighted by atomic mass is 10.0. The van der Waals surface area contributed by atoms with Crippen molar-refractivity contribution < 1.29 is 14.3 Å². The van der Waals surface area contributed by atoms with Crippen LogP contribution in [-0.4, -0.2) is 27.3 Å². The third-order valence-electron chi connectivity index (χ3n) is 2.63. The Balaban J connectivity index is 2.64. The van der Waals surface area contributed by atoms with Crippen molar-refractivity contribution in [1.82, 2.24) is 9.97 Å². The third-order valence-corrected chi connectivity index (χ3v) is 3.19. The summed E-state index contributed by atoms with van der Waals surface area (Å²) in [5.74, 6) is -1.49. The molecule has 0 unspecified atom stereocenters. The molecule has 0 saturated carbocycles. The van der Waals surface area contributed by atoms with Gasteiger partial charge in [-0.1, -0.05) is 17.8 Å². The molecule has 1 N–H and O–H groups in total. The molecular weight excluding hydrogens is 267 g/mol. The van der Waals surface area contributed by atoms with E-state index in [0.29, 0.717) is 21.8 Å². The van der Waals surface area contributed by atoms with Crippen molar-refractivity contribution >= 4 is 17.7 Å². The maximum atomic E-state index is 13.1. The van der Waals surface area contributed by atoms with Crippen molar-refractivity contribution in [2.75, 3.05) is 6.26 Å². The van der Waals surface area contributed by atoms with E-state index in [2.05, 4.69) is 9.97 Å². The van der Waals surface area contributed by atoms with E-state index < -0.39 is 5.97 Å². The number of hydrogen-bond donors (Lipinski definition) is 1. The maximum absolute atomic E-state index is 13.1. The zero-order valence-corrected chi connectivity index (χ0v) is 11.2. The van der Waals surface area contributed by atoms with Gasteiger partial charge in [-0.05, 0) is 36.4 Å². The van der Waals surface area contributed by atoms with Gasteiger partial charge in [0.05, 0.1) is 0 Å². The zero-order valence-electron chi connectivity index (χ0n) is 10.3. The van der Waals surface area contributed by atoms with Crippen molar-refractivity contribution in [1.29, 1.82) is 0 Å². The molecule has 4 nitrogen and oxygen atoms in total. The monoisotopic (exact) mass is 278 g/mol. The van der Waals surface area contributed by atoms with Crippen LogP contribution in [0.3, 0.4) is 0 Å². The zero-order chi connectivity index (χ0) is 14.0. The molecule has 1 aromatic heterocycles. The number of halogens is 1. The fraction of sp³-hybridized carbons (Fsp3) is 0.154. The highest BCUT2D eigenvalue weighted by atomic mass is 32.2. The summed E-state index contributed by atoms with van der Waals surface area (Å²) in [7, 11) is 0. The molecule has 0 saturated heterocycles. The Kier molecular flexibility index (Phi) is 3.80. The van der Waals surface area contributed by atoms with Crippen LogP contribution < -0.4 is 0 Å². The highest BCUT2D eigenvalue weighted by Gasteiger charge is 2.17. The molecule has 6 heteroatoms. The highest BCUT2D eigenvalue weighted by molar-refractivity contribution is 7.98. The van der Waals surface area contributed by atoms with E-state index in [1.807, 2.05) is 0 Å². The Labute approximate surface area is 113 Å². The second kappa shape index (κ2) is 5.36. The van der Waals surface area contributed by atoms with Gasteiger partial charge >= 0.3 is 5.97 Å². The summed E-state index contributed by atoms with van der Waals surface area (Å²) in [6.07, 6.45) is 3.23. The van der Waals surface area contributed by atoms with E-state index in [4.69, 9.17) is 0 Å². The standard InChI is InChI=1S/C13H11FN2O2S/c1-7-5-8(14)3-4-9(7)10-6-15-13(19-2)16-11(10)12(17)18/h3-6H,1-2H3,(H,17,18). The summed E-state index contributed by atoms with van der Waals surface area (Å²) in [5.41, 5.74) is 1.58. The average Bonchev–Trinajstić information content (AvgIpc) is 2.38. The smallest absolute Gasteiger partial charge is 0.355 e. The number of aromatic carboxylic acids is 1. The molecule has 0 aliphatic heterocycles. The number of thioether (sulfide) groups is 1. The van der Waals surface area contributed by atoms with Crippen LogP contribution in [0.2, 0.25) is 0 Å². The summed E-state index contributed by atoms with van der Waals surface area (Å²) in [6, 6.07) is 4.18. The van der Waals surface area contributed by atoms with Crippen LogP contribution in [0.4, 0.5) is 4.39 Å². The van der Waals surface area contributed by atoms with Crippen molar-refractivity contribution in [3.8, 4) is 11.1 Å². The van der Waals surface area contributed by atoms with Crippen molar-refractivity contribution in [2.24, 2.45) is 0 Å². The first-order valence-electron chi connectivity index (χ1n) is 5.43. The fourth-order valence-corrected chi connectivity index (χ4v) is 2.09. The summed E-state index contributed by atoms with van der Waals surface area (Å²) in [4.78, 5) is 19.3. The predicted molar refractivity (Wildman–Crippen MR) is 70.9 cm³/mol. The third kappa shape index (κ3) is 2.73. The Morgan fingerprint density at radius 3 is 2.68 bits per heavy atom. The summed E-state index contributed by atoms with van der Waals surface area (Å²) in [5, 5.41) is 9.61. The topological polar surface area (TPSA) is 63.1 Å². The number of carboxylic acids is 1. The van der Waals surface area contributed by atoms with Crippen LogP contribution in [0, 0.1) is 12.7 Å². The van der Waals surface area contributed by atoms with Gasteiger partial charge < -0.3 is 5.11 Å². The second-order valence-electron chi connectivity index (χ2n) is 3.88. The maximum Gasteiger partial charge on any atom is 0.355 e. The molecule has 0 radical (unpaired) electrons. The van der Waals surface area contributed by atoms with Crippen LogP contribution in [0.25, 0.3) is 11.1 Å². The van der Waals surface area contributed by atoms with E-state index in [9.17, 15) is 14.3 Å². The van der Waals surface area contributed by atoms with Crippen molar-refractivity contribution in [3.63, 3.8) is 0 Å². The molecule has 0 spiro atoms. The first-order valence-corrected chi connectivity index (χ1v) is 6.66. The van der Waals surface area contributed by atoms with Gasteiger partial charge in [-0.25, -0.2) is 19.2 Å². The minimum atomic E-state index is -1.13. The number of carbonyl (C=O) groups is 1. The van der Waals surface area contributed by atoms with Crippen LogP contribution in [0.1, 0.15) is 16.1 Å².